The van der Waals surface area contributed by atoms with Gasteiger partial charge in [0.1, 0.15) is 11.5 Å². The molecule has 0 atom stereocenters. The fourth-order valence-corrected chi connectivity index (χ4v) is 3.12. The van der Waals surface area contributed by atoms with E-state index < -0.39 is 0 Å². The lowest BCUT2D eigenvalue weighted by atomic mass is 10.1. The third kappa shape index (κ3) is 5.20. The lowest BCUT2D eigenvalue weighted by Crippen LogP contribution is -2.22. The second-order valence-corrected chi connectivity index (χ2v) is 6.89. The summed E-state index contributed by atoms with van der Waals surface area (Å²) in [5.41, 5.74) is 2.01. The second-order valence-electron chi connectivity index (χ2n) is 6.04. The van der Waals surface area contributed by atoms with Gasteiger partial charge in [0, 0.05) is 24.9 Å². The van der Waals surface area contributed by atoms with Gasteiger partial charge in [0.05, 0.1) is 16.6 Å². The van der Waals surface area contributed by atoms with Crippen molar-refractivity contribution in [1.82, 2.24) is 10.3 Å². The van der Waals surface area contributed by atoms with Crippen LogP contribution in [0.4, 0.5) is 0 Å². The summed E-state index contributed by atoms with van der Waals surface area (Å²) in [5, 5.41) is 3.84. The Kier molecular flexibility index (Phi) is 6.29. The molecule has 6 heteroatoms. The Morgan fingerprint density at radius 2 is 2.00 bits per heavy atom. The normalized spacial score (nSPS) is 10.6. The lowest BCUT2D eigenvalue weighted by Gasteiger charge is -2.10. The minimum Gasteiger partial charge on any atom is -0.494 e. The quantitative estimate of drug-likeness (QED) is 0.583. The summed E-state index contributed by atoms with van der Waals surface area (Å²) < 4.78 is 12.2. The molecule has 140 valence electrons. The Labute approximate surface area is 166 Å². The zero-order valence-corrected chi connectivity index (χ0v) is 16.9. The van der Waals surface area contributed by atoms with E-state index in [1.165, 1.54) is 6.92 Å². The molecule has 1 amide bonds. The number of hydrogen-bond donors (Lipinski definition) is 1. The van der Waals surface area contributed by atoms with E-state index in [0.29, 0.717) is 24.8 Å². The number of aromatic nitrogens is 1. The molecule has 0 saturated heterocycles. The van der Waals surface area contributed by atoms with Crippen LogP contribution in [0.3, 0.4) is 0 Å². The Balaban J connectivity index is 1.74. The Hall–Kier alpha value is -2.60. The van der Waals surface area contributed by atoms with Crippen molar-refractivity contribution < 1.29 is 14.3 Å². The number of rotatable bonds is 7. The van der Waals surface area contributed by atoms with Gasteiger partial charge in [-0.2, -0.15) is 0 Å². The van der Waals surface area contributed by atoms with Crippen LogP contribution in [0.25, 0.3) is 10.9 Å². The lowest BCUT2D eigenvalue weighted by molar-refractivity contribution is -0.118. The van der Waals surface area contributed by atoms with E-state index in [2.05, 4.69) is 32.3 Å². The number of nitrogens with zero attached hydrogens (tertiary/aromatic N) is 1. The molecule has 0 spiro atoms. The van der Waals surface area contributed by atoms with Crippen LogP contribution in [0.1, 0.15) is 19.4 Å². The van der Waals surface area contributed by atoms with Gasteiger partial charge in [-0.1, -0.05) is 6.07 Å². The van der Waals surface area contributed by atoms with Crippen molar-refractivity contribution in [3.8, 4) is 17.4 Å². The number of pyridine rings is 1. The van der Waals surface area contributed by atoms with Crippen molar-refractivity contribution in [3.63, 3.8) is 0 Å². The molecule has 0 aliphatic rings. The van der Waals surface area contributed by atoms with Crippen LogP contribution in [0.5, 0.6) is 17.4 Å². The van der Waals surface area contributed by atoms with Gasteiger partial charge >= 0.3 is 0 Å². The number of halogens is 1. The van der Waals surface area contributed by atoms with Crippen molar-refractivity contribution in [3.05, 3.63) is 58.6 Å². The summed E-state index contributed by atoms with van der Waals surface area (Å²) in [6, 6.07) is 15.5. The molecule has 0 radical (unpaired) electrons. The largest absolute Gasteiger partial charge is 0.494 e. The molecule has 27 heavy (non-hydrogen) atoms. The maximum Gasteiger partial charge on any atom is 0.219 e. The van der Waals surface area contributed by atoms with Gasteiger partial charge < -0.3 is 14.8 Å². The molecule has 3 aromatic rings. The summed E-state index contributed by atoms with van der Waals surface area (Å²) in [6.07, 6.45) is 0.785. The first-order valence-corrected chi connectivity index (χ1v) is 9.59. The number of amides is 1. The van der Waals surface area contributed by atoms with Crippen LogP contribution in [-0.2, 0) is 11.2 Å². The summed E-state index contributed by atoms with van der Waals surface area (Å²) in [4.78, 5) is 15.5. The smallest absolute Gasteiger partial charge is 0.219 e. The summed E-state index contributed by atoms with van der Waals surface area (Å²) >= 11 is 3.51. The van der Waals surface area contributed by atoms with Crippen LogP contribution < -0.4 is 14.8 Å². The zero-order valence-electron chi connectivity index (χ0n) is 15.3. The first-order chi connectivity index (χ1) is 13.0. The second kappa shape index (κ2) is 8.86. The van der Waals surface area contributed by atoms with Gasteiger partial charge in [-0.25, -0.2) is 4.98 Å². The third-order valence-corrected chi connectivity index (χ3v) is 4.56. The number of nitrogens with one attached hydrogen (secondary N) is 1. The molecule has 0 aliphatic heterocycles. The average Bonchev–Trinajstić information content (AvgIpc) is 2.64. The minimum absolute atomic E-state index is 0.0142. The van der Waals surface area contributed by atoms with Gasteiger partial charge in [0.25, 0.3) is 0 Å². The Morgan fingerprint density at radius 1 is 1.15 bits per heavy atom. The molecule has 0 bridgehead atoms. The molecular formula is C21H21BrN2O3. The summed E-state index contributed by atoms with van der Waals surface area (Å²) in [6.45, 7) is 4.71. The van der Waals surface area contributed by atoms with E-state index in [0.717, 1.165) is 33.1 Å². The first kappa shape index (κ1) is 19.2. The first-order valence-electron chi connectivity index (χ1n) is 8.79. The van der Waals surface area contributed by atoms with E-state index in [-0.39, 0.29) is 5.91 Å². The molecule has 0 saturated carbocycles. The number of hydrogen-bond acceptors (Lipinski definition) is 4. The SMILES string of the molecule is CCOc1ccc(Oc2ccc3cc(CCNC(C)=O)ccc3n2)c(Br)c1. The van der Waals surface area contributed by atoms with Crippen LogP contribution in [0.15, 0.2) is 53.0 Å². The topological polar surface area (TPSA) is 60.5 Å². The van der Waals surface area contributed by atoms with Crippen molar-refractivity contribution in [2.75, 3.05) is 13.2 Å². The fraction of sp³-hybridized carbons (Fsp3) is 0.238. The highest BCUT2D eigenvalue weighted by Gasteiger charge is 2.07. The average molecular weight is 429 g/mol. The molecule has 0 unspecified atom stereocenters. The van der Waals surface area contributed by atoms with Crippen molar-refractivity contribution in [1.29, 1.82) is 0 Å². The molecular weight excluding hydrogens is 408 g/mol. The molecule has 5 nitrogen and oxygen atoms in total. The van der Waals surface area contributed by atoms with Crippen molar-refractivity contribution in [2.45, 2.75) is 20.3 Å². The highest BCUT2D eigenvalue weighted by atomic mass is 79.9. The maximum atomic E-state index is 11.0. The van der Waals surface area contributed by atoms with Crippen molar-refractivity contribution in [2.24, 2.45) is 0 Å². The molecule has 0 aliphatic carbocycles. The molecule has 1 heterocycles. The summed E-state index contributed by atoms with van der Waals surface area (Å²) in [7, 11) is 0. The third-order valence-electron chi connectivity index (χ3n) is 3.94. The maximum absolute atomic E-state index is 11.0. The van der Waals surface area contributed by atoms with Crippen LogP contribution in [-0.4, -0.2) is 24.0 Å². The number of ether oxygens (including phenoxy) is 2. The van der Waals surface area contributed by atoms with E-state index >= 15 is 0 Å². The van der Waals surface area contributed by atoms with Gasteiger partial charge in [0.2, 0.25) is 11.8 Å². The van der Waals surface area contributed by atoms with Crippen molar-refractivity contribution >= 4 is 32.7 Å². The Morgan fingerprint density at radius 3 is 2.74 bits per heavy atom. The molecule has 3 rings (SSSR count). The molecule has 1 N–H and O–H groups in total. The highest BCUT2D eigenvalue weighted by Crippen LogP contribution is 2.32. The van der Waals surface area contributed by atoms with Crippen LogP contribution >= 0.6 is 15.9 Å². The van der Waals surface area contributed by atoms with E-state index in [1.54, 1.807) is 0 Å². The number of benzene rings is 2. The summed E-state index contributed by atoms with van der Waals surface area (Å²) in [5.74, 6) is 1.98. The molecule has 0 fully saturated rings. The van der Waals surface area contributed by atoms with Crippen LogP contribution in [0.2, 0.25) is 0 Å². The van der Waals surface area contributed by atoms with Gasteiger partial charge in [-0.05, 0) is 71.2 Å². The highest BCUT2D eigenvalue weighted by molar-refractivity contribution is 9.10. The number of carbonyl (C=O) groups excluding carboxylic acids is 1. The van der Waals surface area contributed by atoms with Gasteiger partial charge in [-0.15, -0.1) is 0 Å². The predicted molar refractivity (Wildman–Crippen MR) is 110 cm³/mol. The van der Waals surface area contributed by atoms with Crippen LogP contribution in [0, 0.1) is 0 Å². The number of fused-ring (bicyclic) bond motifs is 1. The monoisotopic (exact) mass is 428 g/mol. The predicted octanol–water partition coefficient (Wildman–Crippen LogP) is 4.87. The minimum atomic E-state index is -0.0142. The molecule has 1 aromatic heterocycles. The van der Waals surface area contributed by atoms with Gasteiger partial charge in [-0.3, -0.25) is 4.79 Å². The van der Waals surface area contributed by atoms with E-state index in [4.69, 9.17) is 9.47 Å². The van der Waals surface area contributed by atoms with E-state index in [1.807, 2.05) is 49.4 Å². The standard InChI is InChI=1S/C21H21BrN2O3/c1-3-26-17-6-8-20(18(22)13-17)27-21-9-5-16-12-15(4-7-19(16)24-21)10-11-23-14(2)25/h4-9,12-13H,3,10-11H2,1-2H3,(H,23,25). The van der Waals surface area contributed by atoms with Gasteiger partial charge in [0.15, 0.2) is 0 Å². The Bertz CT molecular complexity index is 959. The zero-order chi connectivity index (χ0) is 19.2. The fourth-order valence-electron chi connectivity index (χ4n) is 2.69. The van der Waals surface area contributed by atoms with E-state index in [9.17, 15) is 4.79 Å². The number of carbonyl (C=O) groups is 1. The molecule has 2 aromatic carbocycles.